The lowest BCUT2D eigenvalue weighted by Gasteiger charge is -2.21. The summed E-state index contributed by atoms with van der Waals surface area (Å²) in [5.74, 6) is 0. The van der Waals surface area contributed by atoms with Gasteiger partial charge in [-0.1, -0.05) is 48.5 Å². The van der Waals surface area contributed by atoms with Crippen molar-refractivity contribution in [2.75, 3.05) is 14.1 Å². The monoisotopic (exact) mass is 331 g/mol. The number of hydrogen-bond donors (Lipinski definition) is 0. The Kier molecular flexibility index (Phi) is 3.76. The Bertz CT molecular complexity index is 943. The average Bonchev–Trinajstić information content (AvgIpc) is 3.11. The maximum atomic E-state index is 4.70. The Labute approximate surface area is 147 Å². The standard InChI is InChI=1S/C20H21N5/c1-23-13-14-24(2)20(23)22-21-18-16-11-7-8-12-17(16)25(3)19(18)15-9-5-4-6-10-15/h4-14,20H,1-3H3. The minimum absolute atomic E-state index is 0.109. The van der Waals surface area contributed by atoms with E-state index in [9.17, 15) is 0 Å². The Hall–Kier alpha value is -3.08. The van der Waals surface area contributed by atoms with Crippen molar-refractivity contribution in [3.63, 3.8) is 0 Å². The van der Waals surface area contributed by atoms with Crippen LogP contribution in [0.15, 0.2) is 77.2 Å². The summed E-state index contributed by atoms with van der Waals surface area (Å²) >= 11 is 0. The summed E-state index contributed by atoms with van der Waals surface area (Å²) in [4.78, 5) is 4.08. The van der Waals surface area contributed by atoms with Gasteiger partial charge in [-0.3, -0.25) is 0 Å². The van der Waals surface area contributed by atoms with Crippen LogP contribution < -0.4 is 0 Å². The van der Waals surface area contributed by atoms with Crippen molar-refractivity contribution >= 4 is 16.6 Å². The number of benzene rings is 2. The number of fused-ring (bicyclic) bond motifs is 1. The molecule has 4 rings (SSSR count). The Balaban J connectivity index is 1.87. The third-order valence-corrected chi connectivity index (χ3v) is 4.65. The quantitative estimate of drug-likeness (QED) is 0.660. The third kappa shape index (κ3) is 2.58. The van der Waals surface area contributed by atoms with E-state index in [1.54, 1.807) is 0 Å². The Morgan fingerprint density at radius 1 is 0.800 bits per heavy atom. The highest BCUT2D eigenvalue weighted by atomic mass is 15.5. The number of aromatic nitrogens is 1. The van der Waals surface area contributed by atoms with Crippen LogP contribution in [-0.4, -0.2) is 34.8 Å². The molecule has 0 saturated carbocycles. The minimum Gasteiger partial charge on any atom is -0.342 e. The summed E-state index contributed by atoms with van der Waals surface area (Å²) in [6, 6.07) is 18.7. The van der Waals surface area contributed by atoms with Gasteiger partial charge in [-0.2, -0.15) is 0 Å². The summed E-state index contributed by atoms with van der Waals surface area (Å²) in [5.41, 5.74) is 4.29. The lowest BCUT2D eigenvalue weighted by molar-refractivity contribution is 0.207. The molecule has 2 aromatic carbocycles. The molecule has 1 aromatic heterocycles. The zero-order valence-corrected chi connectivity index (χ0v) is 14.7. The predicted molar refractivity (Wildman–Crippen MR) is 101 cm³/mol. The summed E-state index contributed by atoms with van der Waals surface area (Å²) in [6.07, 6.45) is 3.90. The number of nitrogens with zero attached hydrogens (tertiary/aromatic N) is 5. The molecule has 1 aliphatic heterocycles. The van der Waals surface area contributed by atoms with Gasteiger partial charge in [0, 0.05) is 44.5 Å². The van der Waals surface area contributed by atoms with E-state index >= 15 is 0 Å². The average molecular weight is 331 g/mol. The second-order valence-electron chi connectivity index (χ2n) is 6.33. The van der Waals surface area contributed by atoms with E-state index in [4.69, 9.17) is 5.11 Å². The van der Waals surface area contributed by atoms with E-state index in [0.29, 0.717) is 0 Å². The van der Waals surface area contributed by atoms with Crippen molar-refractivity contribution in [3.8, 4) is 11.3 Å². The van der Waals surface area contributed by atoms with Gasteiger partial charge < -0.3 is 14.4 Å². The minimum atomic E-state index is -0.109. The van der Waals surface area contributed by atoms with Crippen LogP contribution >= 0.6 is 0 Å². The zero-order chi connectivity index (χ0) is 17.4. The number of para-hydroxylation sites is 1. The molecule has 0 aliphatic carbocycles. The molecule has 0 unspecified atom stereocenters. The largest absolute Gasteiger partial charge is 0.342 e. The molecule has 0 N–H and O–H groups in total. The summed E-state index contributed by atoms with van der Waals surface area (Å²) < 4.78 is 2.19. The normalized spacial score (nSPS) is 15.2. The van der Waals surface area contributed by atoms with E-state index in [1.165, 1.54) is 0 Å². The molecule has 3 aromatic rings. The van der Waals surface area contributed by atoms with Crippen molar-refractivity contribution < 1.29 is 0 Å². The fraction of sp³-hybridized carbons (Fsp3) is 0.200. The van der Waals surface area contributed by atoms with Gasteiger partial charge in [0.2, 0.25) is 6.29 Å². The molecular formula is C20H21N5. The molecule has 1 aliphatic rings. The van der Waals surface area contributed by atoms with E-state index < -0.39 is 0 Å². The smallest absolute Gasteiger partial charge is 0.217 e. The van der Waals surface area contributed by atoms with Crippen LogP contribution in [0.25, 0.3) is 22.2 Å². The fourth-order valence-corrected chi connectivity index (χ4v) is 3.32. The van der Waals surface area contributed by atoms with Gasteiger partial charge in [0.05, 0.1) is 11.2 Å². The highest BCUT2D eigenvalue weighted by molar-refractivity contribution is 6.00. The summed E-state index contributed by atoms with van der Waals surface area (Å²) in [5, 5.41) is 10.4. The maximum absolute atomic E-state index is 4.70. The van der Waals surface area contributed by atoms with E-state index in [1.807, 2.05) is 48.4 Å². The molecule has 126 valence electrons. The van der Waals surface area contributed by atoms with Crippen LogP contribution in [0.4, 0.5) is 5.69 Å². The SMILES string of the molecule is CN1C=CN(C)C1N=Nc1c(-c2ccccc2)n(C)c2ccccc12. The lowest BCUT2D eigenvalue weighted by Crippen LogP contribution is -2.31. The van der Waals surface area contributed by atoms with Gasteiger partial charge in [-0.15, -0.1) is 10.2 Å². The van der Waals surface area contributed by atoms with Crippen molar-refractivity contribution in [2.24, 2.45) is 17.3 Å². The van der Waals surface area contributed by atoms with Crippen LogP contribution in [0.1, 0.15) is 0 Å². The van der Waals surface area contributed by atoms with Crippen molar-refractivity contribution in [1.82, 2.24) is 14.4 Å². The van der Waals surface area contributed by atoms with Crippen LogP contribution in [-0.2, 0) is 7.05 Å². The highest BCUT2D eigenvalue weighted by Crippen LogP contribution is 2.39. The molecular weight excluding hydrogens is 310 g/mol. The second-order valence-corrected chi connectivity index (χ2v) is 6.33. The van der Waals surface area contributed by atoms with Crippen molar-refractivity contribution in [2.45, 2.75) is 6.29 Å². The van der Waals surface area contributed by atoms with E-state index in [2.05, 4.69) is 59.2 Å². The molecule has 0 amide bonds. The Morgan fingerprint density at radius 3 is 2.16 bits per heavy atom. The summed E-state index contributed by atoms with van der Waals surface area (Å²) in [6.45, 7) is 0. The molecule has 0 atom stereocenters. The molecule has 2 heterocycles. The molecule has 5 nitrogen and oxygen atoms in total. The summed E-state index contributed by atoms with van der Waals surface area (Å²) in [7, 11) is 6.09. The highest BCUT2D eigenvalue weighted by Gasteiger charge is 2.21. The fourth-order valence-electron chi connectivity index (χ4n) is 3.32. The molecule has 0 bridgehead atoms. The number of azo groups is 1. The second kappa shape index (κ2) is 6.09. The van der Waals surface area contributed by atoms with Gasteiger partial charge in [0.1, 0.15) is 5.69 Å². The van der Waals surface area contributed by atoms with Gasteiger partial charge in [-0.05, 0) is 6.07 Å². The van der Waals surface area contributed by atoms with Gasteiger partial charge in [0.15, 0.2) is 0 Å². The first kappa shape index (κ1) is 15.4. The van der Waals surface area contributed by atoms with Gasteiger partial charge in [-0.25, -0.2) is 0 Å². The molecule has 25 heavy (non-hydrogen) atoms. The zero-order valence-electron chi connectivity index (χ0n) is 14.7. The van der Waals surface area contributed by atoms with Crippen LogP contribution in [0.3, 0.4) is 0 Å². The van der Waals surface area contributed by atoms with Gasteiger partial charge in [0.25, 0.3) is 0 Å². The first-order chi connectivity index (χ1) is 12.2. The molecule has 5 heteroatoms. The molecule has 0 spiro atoms. The van der Waals surface area contributed by atoms with Crippen molar-refractivity contribution in [1.29, 1.82) is 0 Å². The predicted octanol–water partition coefficient (Wildman–Crippen LogP) is 4.56. The first-order valence-corrected chi connectivity index (χ1v) is 8.32. The maximum Gasteiger partial charge on any atom is 0.217 e. The van der Waals surface area contributed by atoms with E-state index in [0.717, 1.165) is 27.8 Å². The first-order valence-electron chi connectivity index (χ1n) is 8.32. The lowest BCUT2D eigenvalue weighted by atomic mass is 10.1. The number of rotatable bonds is 3. The van der Waals surface area contributed by atoms with Crippen molar-refractivity contribution in [3.05, 3.63) is 67.0 Å². The van der Waals surface area contributed by atoms with Crippen LogP contribution in [0.5, 0.6) is 0 Å². The van der Waals surface area contributed by atoms with Crippen LogP contribution in [0.2, 0.25) is 0 Å². The molecule has 0 saturated heterocycles. The Morgan fingerprint density at radius 2 is 1.44 bits per heavy atom. The third-order valence-electron chi connectivity index (χ3n) is 4.65. The molecule has 0 radical (unpaired) electrons. The number of hydrogen-bond acceptors (Lipinski definition) is 4. The molecule has 0 fully saturated rings. The topological polar surface area (TPSA) is 36.1 Å². The number of aryl methyl sites for hydroxylation is 1. The van der Waals surface area contributed by atoms with E-state index in [-0.39, 0.29) is 6.29 Å². The van der Waals surface area contributed by atoms with Crippen LogP contribution in [0, 0.1) is 0 Å². The van der Waals surface area contributed by atoms with Gasteiger partial charge >= 0.3 is 0 Å².